The number of rotatable bonds is 5. The highest BCUT2D eigenvalue weighted by Gasteiger charge is 2.24. The molecule has 1 aliphatic heterocycles. The van der Waals surface area contributed by atoms with Crippen LogP contribution in [0.1, 0.15) is 36.4 Å². The van der Waals surface area contributed by atoms with Gasteiger partial charge in [0.2, 0.25) is 0 Å². The van der Waals surface area contributed by atoms with Gasteiger partial charge in [-0.25, -0.2) is 0 Å². The van der Waals surface area contributed by atoms with Gasteiger partial charge in [-0.1, -0.05) is 30.7 Å². The van der Waals surface area contributed by atoms with E-state index >= 15 is 0 Å². The number of ether oxygens (including phenoxy) is 1. The Bertz CT molecular complexity index is 864. The first-order valence-electron chi connectivity index (χ1n) is 9.57. The van der Waals surface area contributed by atoms with Gasteiger partial charge in [-0.3, -0.25) is 14.9 Å². The van der Waals surface area contributed by atoms with Crippen molar-refractivity contribution in [1.82, 2.24) is 14.9 Å². The third-order valence-electron chi connectivity index (χ3n) is 5.26. The normalized spacial score (nSPS) is 17.6. The van der Waals surface area contributed by atoms with Gasteiger partial charge < -0.3 is 4.74 Å². The summed E-state index contributed by atoms with van der Waals surface area (Å²) in [5.41, 5.74) is 4.62. The fourth-order valence-corrected chi connectivity index (χ4v) is 3.84. The van der Waals surface area contributed by atoms with Crippen molar-refractivity contribution in [3.63, 3.8) is 0 Å². The largest absolute Gasteiger partial charge is 0.497 e. The predicted octanol–water partition coefficient (Wildman–Crippen LogP) is 4.88. The fourth-order valence-electron chi connectivity index (χ4n) is 3.84. The lowest BCUT2D eigenvalue weighted by Gasteiger charge is -2.36. The molecule has 0 unspecified atom stereocenters. The summed E-state index contributed by atoms with van der Waals surface area (Å²) in [6.07, 6.45) is 9.55. The van der Waals surface area contributed by atoms with Gasteiger partial charge in [0.25, 0.3) is 0 Å². The van der Waals surface area contributed by atoms with Crippen molar-refractivity contribution in [3.8, 4) is 17.0 Å². The number of methoxy groups -OCH3 is 1. The van der Waals surface area contributed by atoms with E-state index in [1.807, 2.05) is 42.9 Å². The van der Waals surface area contributed by atoms with E-state index < -0.39 is 0 Å². The number of aromatic nitrogens is 2. The molecule has 0 bridgehead atoms. The first kappa shape index (κ1) is 17.7. The van der Waals surface area contributed by atoms with Crippen LogP contribution in [0, 0.1) is 0 Å². The lowest BCUT2D eigenvalue weighted by atomic mass is 9.95. The number of piperidine rings is 1. The summed E-state index contributed by atoms with van der Waals surface area (Å²) < 4.78 is 5.33. The number of pyridine rings is 2. The van der Waals surface area contributed by atoms with Crippen LogP contribution in [0.2, 0.25) is 0 Å². The molecule has 4 rings (SSSR count). The highest BCUT2D eigenvalue weighted by atomic mass is 16.5. The second-order valence-electron chi connectivity index (χ2n) is 7.05. The maximum absolute atomic E-state index is 5.33. The predicted molar refractivity (Wildman–Crippen MR) is 107 cm³/mol. The minimum atomic E-state index is 0.422. The first-order chi connectivity index (χ1) is 13.3. The number of nitrogens with zero attached hydrogens (tertiary/aromatic N) is 3. The molecule has 0 spiro atoms. The molecule has 1 fully saturated rings. The summed E-state index contributed by atoms with van der Waals surface area (Å²) in [4.78, 5) is 11.6. The van der Waals surface area contributed by atoms with Crippen LogP contribution < -0.4 is 4.74 Å². The molecule has 0 amide bonds. The standard InChI is InChI=1S/C23H25N3O/c1-27-21-8-4-7-19(14-21)22-11-10-20(16-25-22)23-9-2-3-13-26(23)17-18-6-5-12-24-15-18/h4-8,10-12,14-16,23H,2-3,9,13,17H2,1H3/t23-/m1/s1. The van der Waals surface area contributed by atoms with E-state index in [1.54, 1.807) is 7.11 Å². The van der Waals surface area contributed by atoms with Crippen molar-refractivity contribution < 1.29 is 4.74 Å². The zero-order valence-corrected chi connectivity index (χ0v) is 15.7. The van der Waals surface area contributed by atoms with Gasteiger partial charge >= 0.3 is 0 Å². The lowest BCUT2D eigenvalue weighted by Crippen LogP contribution is -2.33. The second kappa shape index (κ2) is 8.31. The van der Waals surface area contributed by atoms with Gasteiger partial charge in [0.05, 0.1) is 12.8 Å². The van der Waals surface area contributed by atoms with Crippen molar-refractivity contribution in [1.29, 1.82) is 0 Å². The third-order valence-corrected chi connectivity index (χ3v) is 5.26. The van der Waals surface area contributed by atoms with Gasteiger partial charge in [-0.05, 0) is 54.8 Å². The molecular weight excluding hydrogens is 334 g/mol. The molecule has 1 aliphatic rings. The maximum atomic E-state index is 5.33. The van der Waals surface area contributed by atoms with Crippen LogP contribution in [0.4, 0.5) is 0 Å². The Morgan fingerprint density at radius 3 is 2.81 bits per heavy atom. The number of hydrogen-bond donors (Lipinski definition) is 0. The Hall–Kier alpha value is -2.72. The number of benzene rings is 1. The smallest absolute Gasteiger partial charge is 0.119 e. The quantitative estimate of drug-likeness (QED) is 0.651. The fraction of sp³-hybridized carbons (Fsp3) is 0.304. The summed E-state index contributed by atoms with van der Waals surface area (Å²) in [7, 11) is 1.69. The molecule has 0 aliphatic carbocycles. The SMILES string of the molecule is COc1cccc(-c2ccc([C@H]3CCCCN3Cc3cccnc3)cn2)c1. The summed E-state index contributed by atoms with van der Waals surface area (Å²) in [5, 5.41) is 0. The van der Waals surface area contributed by atoms with Gasteiger partial charge in [0.1, 0.15) is 5.75 Å². The van der Waals surface area contributed by atoms with Crippen molar-refractivity contribution in [2.75, 3.05) is 13.7 Å². The van der Waals surface area contributed by atoms with Crippen LogP contribution in [0.3, 0.4) is 0 Å². The average molecular weight is 359 g/mol. The highest BCUT2D eigenvalue weighted by molar-refractivity contribution is 5.61. The second-order valence-corrected chi connectivity index (χ2v) is 7.05. The third kappa shape index (κ3) is 4.17. The zero-order chi connectivity index (χ0) is 18.5. The maximum Gasteiger partial charge on any atom is 0.119 e. The van der Waals surface area contributed by atoms with Crippen LogP contribution in [0.15, 0.2) is 67.1 Å². The molecule has 27 heavy (non-hydrogen) atoms. The Morgan fingerprint density at radius 2 is 2.04 bits per heavy atom. The van der Waals surface area contributed by atoms with E-state index in [0.29, 0.717) is 6.04 Å². The van der Waals surface area contributed by atoms with Crippen molar-refractivity contribution in [2.24, 2.45) is 0 Å². The van der Waals surface area contributed by atoms with Gasteiger partial charge in [0.15, 0.2) is 0 Å². The van der Waals surface area contributed by atoms with E-state index in [4.69, 9.17) is 9.72 Å². The Labute approximate surface area is 160 Å². The molecule has 1 saturated heterocycles. The van der Waals surface area contributed by atoms with Gasteiger partial charge in [-0.2, -0.15) is 0 Å². The highest BCUT2D eigenvalue weighted by Crippen LogP contribution is 2.32. The van der Waals surface area contributed by atoms with E-state index in [0.717, 1.165) is 30.1 Å². The van der Waals surface area contributed by atoms with Crippen molar-refractivity contribution in [2.45, 2.75) is 31.8 Å². The van der Waals surface area contributed by atoms with E-state index in [2.05, 4.69) is 34.1 Å². The molecule has 0 radical (unpaired) electrons. The molecule has 0 N–H and O–H groups in total. The number of likely N-dealkylation sites (tertiary alicyclic amines) is 1. The molecule has 2 aromatic heterocycles. The minimum absolute atomic E-state index is 0.422. The zero-order valence-electron chi connectivity index (χ0n) is 15.7. The van der Waals surface area contributed by atoms with Crippen LogP contribution in [0.25, 0.3) is 11.3 Å². The Balaban J connectivity index is 1.54. The van der Waals surface area contributed by atoms with Crippen LogP contribution in [0.5, 0.6) is 5.75 Å². The van der Waals surface area contributed by atoms with E-state index in [9.17, 15) is 0 Å². The topological polar surface area (TPSA) is 38.2 Å². The van der Waals surface area contributed by atoms with Crippen molar-refractivity contribution >= 4 is 0 Å². The molecule has 138 valence electrons. The molecular formula is C23H25N3O. The summed E-state index contributed by atoms with van der Waals surface area (Å²) in [6, 6.07) is 17.0. The molecule has 0 saturated carbocycles. The van der Waals surface area contributed by atoms with E-state index in [-0.39, 0.29) is 0 Å². The van der Waals surface area contributed by atoms with E-state index in [1.165, 1.54) is 30.4 Å². The summed E-state index contributed by atoms with van der Waals surface area (Å²) >= 11 is 0. The first-order valence-corrected chi connectivity index (χ1v) is 9.57. The van der Waals surface area contributed by atoms with Crippen LogP contribution in [-0.4, -0.2) is 28.5 Å². The molecule has 1 aromatic carbocycles. The van der Waals surface area contributed by atoms with Crippen LogP contribution in [-0.2, 0) is 6.54 Å². The van der Waals surface area contributed by atoms with Crippen molar-refractivity contribution in [3.05, 3.63) is 78.2 Å². The van der Waals surface area contributed by atoms with Gasteiger partial charge in [-0.15, -0.1) is 0 Å². The summed E-state index contributed by atoms with van der Waals surface area (Å²) in [6.45, 7) is 2.06. The molecule has 4 nitrogen and oxygen atoms in total. The average Bonchev–Trinajstić information content (AvgIpc) is 2.75. The van der Waals surface area contributed by atoms with Crippen LogP contribution >= 0.6 is 0 Å². The minimum Gasteiger partial charge on any atom is -0.497 e. The lowest BCUT2D eigenvalue weighted by molar-refractivity contribution is 0.140. The Kier molecular flexibility index (Phi) is 5.45. The van der Waals surface area contributed by atoms with Gasteiger partial charge in [0, 0.05) is 36.7 Å². The Morgan fingerprint density at radius 1 is 1.07 bits per heavy atom. The molecule has 1 atom stereocenters. The molecule has 3 aromatic rings. The number of hydrogen-bond acceptors (Lipinski definition) is 4. The summed E-state index contributed by atoms with van der Waals surface area (Å²) in [5.74, 6) is 0.855. The molecule has 3 heterocycles. The monoisotopic (exact) mass is 359 g/mol. The molecule has 4 heteroatoms.